The minimum Gasteiger partial charge on any atom is -0.489 e. The highest BCUT2D eigenvalue weighted by Crippen LogP contribution is 2.17. The Morgan fingerprint density at radius 1 is 1.50 bits per heavy atom. The molecule has 0 atom stereocenters. The Bertz CT molecular complexity index is 475. The third-order valence-corrected chi connectivity index (χ3v) is 2.67. The maximum Gasteiger partial charge on any atom is 0.226 e. The van der Waals surface area contributed by atoms with Crippen molar-refractivity contribution < 1.29 is 9.53 Å². The molecule has 108 valence electrons. The zero-order valence-electron chi connectivity index (χ0n) is 11.6. The van der Waals surface area contributed by atoms with Gasteiger partial charge in [0.1, 0.15) is 12.4 Å². The van der Waals surface area contributed by atoms with E-state index in [4.69, 9.17) is 17.0 Å². The number of hydrogen-bond donors (Lipinski definition) is 2. The van der Waals surface area contributed by atoms with Crippen LogP contribution in [0.2, 0.25) is 0 Å². The van der Waals surface area contributed by atoms with E-state index in [0.29, 0.717) is 18.1 Å². The van der Waals surface area contributed by atoms with Crippen molar-refractivity contribution in [2.75, 3.05) is 11.9 Å². The Hall–Kier alpha value is -1.88. The van der Waals surface area contributed by atoms with Crippen LogP contribution < -0.4 is 15.4 Å². The molecule has 0 aliphatic rings. The van der Waals surface area contributed by atoms with Crippen molar-refractivity contribution >= 4 is 28.9 Å². The lowest BCUT2D eigenvalue weighted by Crippen LogP contribution is -2.33. The van der Waals surface area contributed by atoms with Crippen molar-refractivity contribution in [1.82, 2.24) is 5.32 Å². The molecule has 4 nitrogen and oxygen atoms in total. The maximum absolute atomic E-state index is 11.5. The highest BCUT2D eigenvalue weighted by Gasteiger charge is 2.04. The molecule has 0 bridgehead atoms. The van der Waals surface area contributed by atoms with Gasteiger partial charge in [0.05, 0.1) is 0 Å². The molecule has 0 heterocycles. The van der Waals surface area contributed by atoms with Gasteiger partial charge in [0, 0.05) is 18.2 Å². The Morgan fingerprint density at radius 3 is 3.00 bits per heavy atom. The number of benzene rings is 1. The van der Waals surface area contributed by atoms with E-state index in [0.717, 1.165) is 24.3 Å². The number of anilines is 1. The molecule has 1 aromatic rings. The van der Waals surface area contributed by atoms with E-state index in [2.05, 4.69) is 17.2 Å². The summed E-state index contributed by atoms with van der Waals surface area (Å²) in [6.07, 6.45) is 4.01. The fraction of sp³-hybridized carbons (Fsp3) is 0.333. The molecule has 0 spiro atoms. The quantitative estimate of drug-likeness (QED) is 0.598. The predicted molar refractivity (Wildman–Crippen MR) is 86.0 cm³/mol. The maximum atomic E-state index is 11.5. The van der Waals surface area contributed by atoms with Crippen LogP contribution in [-0.2, 0) is 4.79 Å². The lowest BCUT2D eigenvalue weighted by Gasteiger charge is -2.10. The number of nitrogens with one attached hydrogen (secondary N) is 2. The Morgan fingerprint density at radius 2 is 2.30 bits per heavy atom. The lowest BCUT2D eigenvalue weighted by molar-refractivity contribution is -0.119. The van der Waals surface area contributed by atoms with Gasteiger partial charge in [0.15, 0.2) is 5.11 Å². The molecule has 2 N–H and O–H groups in total. The number of thiocarbonyl (C=S) groups is 1. The molecule has 20 heavy (non-hydrogen) atoms. The fourth-order valence-corrected chi connectivity index (χ4v) is 1.74. The summed E-state index contributed by atoms with van der Waals surface area (Å²) >= 11 is 5.09. The summed E-state index contributed by atoms with van der Waals surface area (Å²) in [7, 11) is 0. The van der Waals surface area contributed by atoms with Crippen molar-refractivity contribution in [3.05, 3.63) is 36.9 Å². The first kappa shape index (κ1) is 16.2. The van der Waals surface area contributed by atoms with Crippen molar-refractivity contribution in [1.29, 1.82) is 0 Å². The molecular weight excluding hydrogens is 272 g/mol. The standard InChI is InChI=1S/C15H20N2O2S/c1-3-5-9-14(18)17-15(20)16-12-7-6-8-13(11-12)19-10-4-2/h4,6-8,11H,2-3,5,9-10H2,1H3,(H2,16,17,18,20). The number of hydrogen-bond acceptors (Lipinski definition) is 3. The summed E-state index contributed by atoms with van der Waals surface area (Å²) in [4.78, 5) is 11.5. The van der Waals surface area contributed by atoms with Crippen LogP contribution in [0.4, 0.5) is 5.69 Å². The molecule has 0 saturated heterocycles. The number of carbonyl (C=O) groups is 1. The zero-order chi connectivity index (χ0) is 14.8. The normalized spacial score (nSPS) is 9.65. The Labute approximate surface area is 125 Å². The van der Waals surface area contributed by atoms with Gasteiger partial charge in [-0.1, -0.05) is 32.1 Å². The summed E-state index contributed by atoms with van der Waals surface area (Å²) in [5, 5.41) is 5.91. The van der Waals surface area contributed by atoms with E-state index in [1.165, 1.54) is 0 Å². The van der Waals surface area contributed by atoms with Crippen molar-refractivity contribution in [3.63, 3.8) is 0 Å². The summed E-state index contributed by atoms with van der Waals surface area (Å²) in [6.45, 7) is 6.08. The van der Waals surface area contributed by atoms with Gasteiger partial charge in [0.25, 0.3) is 0 Å². The number of carbonyl (C=O) groups excluding carboxylic acids is 1. The molecule has 5 heteroatoms. The molecule has 0 aliphatic heterocycles. The minimum absolute atomic E-state index is 0.0663. The van der Waals surface area contributed by atoms with E-state index in [1.54, 1.807) is 6.08 Å². The first-order valence-electron chi connectivity index (χ1n) is 6.60. The second-order valence-electron chi connectivity index (χ2n) is 4.23. The van der Waals surface area contributed by atoms with Crippen LogP contribution in [0.3, 0.4) is 0 Å². The Balaban J connectivity index is 2.48. The number of rotatable bonds is 7. The largest absolute Gasteiger partial charge is 0.489 e. The van der Waals surface area contributed by atoms with E-state index >= 15 is 0 Å². The molecule has 0 fully saturated rings. The summed E-state index contributed by atoms with van der Waals surface area (Å²) in [6, 6.07) is 7.36. The average molecular weight is 292 g/mol. The zero-order valence-corrected chi connectivity index (χ0v) is 12.5. The molecule has 0 aromatic heterocycles. The lowest BCUT2D eigenvalue weighted by atomic mass is 10.2. The first-order chi connectivity index (χ1) is 9.65. The molecule has 0 aliphatic carbocycles. The summed E-state index contributed by atoms with van der Waals surface area (Å²) in [5.41, 5.74) is 0.771. The highest BCUT2D eigenvalue weighted by molar-refractivity contribution is 7.80. The van der Waals surface area contributed by atoms with E-state index in [9.17, 15) is 4.79 Å². The van der Waals surface area contributed by atoms with Gasteiger partial charge in [-0.2, -0.15) is 0 Å². The van der Waals surface area contributed by atoms with Crippen LogP contribution >= 0.6 is 12.2 Å². The molecule has 1 aromatic carbocycles. The van der Waals surface area contributed by atoms with Gasteiger partial charge in [-0.25, -0.2) is 0 Å². The van der Waals surface area contributed by atoms with Crippen molar-refractivity contribution in [2.24, 2.45) is 0 Å². The van der Waals surface area contributed by atoms with Gasteiger partial charge in [-0.05, 0) is 30.8 Å². The van der Waals surface area contributed by atoms with E-state index in [-0.39, 0.29) is 5.91 Å². The molecule has 0 unspecified atom stereocenters. The molecule has 0 radical (unpaired) electrons. The van der Waals surface area contributed by atoms with Gasteiger partial charge >= 0.3 is 0 Å². The monoisotopic (exact) mass is 292 g/mol. The van der Waals surface area contributed by atoms with E-state index < -0.39 is 0 Å². The second kappa shape index (κ2) is 9.09. The SMILES string of the molecule is C=CCOc1cccc(NC(=S)NC(=O)CCCC)c1. The van der Waals surface area contributed by atoms with Crippen LogP contribution in [0.25, 0.3) is 0 Å². The molecule has 1 amide bonds. The van der Waals surface area contributed by atoms with Crippen LogP contribution in [0.15, 0.2) is 36.9 Å². The molecule has 0 saturated carbocycles. The number of unbranched alkanes of at least 4 members (excludes halogenated alkanes) is 1. The second-order valence-corrected chi connectivity index (χ2v) is 4.64. The predicted octanol–water partition coefficient (Wildman–Crippen LogP) is 3.25. The summed E-state index contributed by atoms with van der Waals surface area (Å²) in [5.74, 6) is 0.651. The topological polar surface area (TPSA) is 50.4 Å². The fourth-order valence-electron chi connectivity index (χ4n) is 1.51. The van der Waals surface area contributed by atoms with Crippen LogP contribution in [0.1, 0.15) is 26.2 Å². The minimum atomic E-state index is -0.0663. The number of ether oxygens (including phenoxy) is 1. The van der Waals surface area contributed by atoms with Crippen LogP contribution in [0.5, 0.6) is 5.75 Å². The first-order valence-corrected chi connectivity index (χ1v) is 7.01. The molecule has 1 rings (SSSR count). The van der Waals surface area contributed by atoms with Gasteiger partial charge in [-0.3, -0.25) is 4.79 Å². The van der Waals surface area contributed by atoms with Crippen LogP contribution in [0, 0.1) is 0 Å². The van der Waals surface area contributed by atoms with Crippen LogP contribution in [-0.4, -0.2) is 17.6 Å². The van der Waals surface area contributed by atoms with E-state index in [1.807, 2.05) is 31.2 Å². The average Bonchev–Trinajstić information content (AvgIpc) is 2.43. The molecular formula is C15H20N2O2S. The third kappa shape index (κ3) is 6.33. The third-order valence-electron chi connectivity index (χ3n) is 2.47. The highest BCUT2D eigenvalue weighted by atomic mass is 32.1. The Kier molecular flexibility index (Phi) is 7.35. The van der Waals surface area contributed by atoms with Gasteiger partial charge in [0.2, 0.25) is 5.91 Å². The van der Waals surface area contributed by atoms with Crippen molar-refractivity contribution in [2.45, 2.75) is 26.2 Å². The van der Waals surface area contributed by atoms with Gasteiger partial charge in [-0.15, -0.1) is 0 Å². The van der Waals surface area contributed by atoms with Gasteiger partial charge < -0.3 is 15.4 Å². The van der Waals surface area contributed by atoms with Crippen molar-refractivity contribution in [3.8, 4) is 5.75 Å². The number of amides is 1. The smallest absolute Gasteiger partial charge is 0.226 e. The summed E-state index contributed by atoms with van der Waals surface area (Å²) < 4.78 is 5.42.